The van der Waals surface area contributed by atoms with Crippen molar-refractivity contribution in [2.45, 2.75) is 29.7 Å². The number of hydrogen-bond acceptors (Lipinski definition) is 2. The molecule has 3 heteroatoms. The normalized spacial score (nSPS) is 15.4. The summed E-state index contributed by atoms with van der Waals surface area (Å²) in [6, 6.07) is 7.93. The smallest absolute Gasteiger partial charge is 0.0462 e. The van der Waals surface area contributed by atoms with Crippen LogP contribution < -0.4 is 5.73 Å². The third kappa shape index (κ3) is 3.22. The number of hydrogen-bond donors (Lipinski definition) is 2. The van der Waals surface area contributed by atoms with Crippen molar-refractivity contribution in [2.24, 2.45) is 5.73 Å². The van der Waals surface area contributed by atoms with Gasteiger partial charge in [-0.15, -0.1) is 24.2 Å². The molecule has 0 amide bonds. The Balaban J connectivity index is 2.69. The summed E-state index contributed by atoms with van der Waals surface area (Å²) in [5.74, 6) is 0. The molecule has 1 aromatic rings. The summed E-state index contributed by atoms with van der Waals surface area (Å²) < 4.78 is 0. The van der Waals surface area contributed by atoms with E-state index in [-0.39, 0.29) is 11.4 Å². The second-order valence-electron chi connectivity index (χ2n) is 3.17. The summed E-state index contributed by atoms with van der Waals surface area (Å²) in [4.78, 5) is 0.982. The summed E-state index contributed by atoms with van der Waals surface area (Å²) in [5.41, 5.74) is 7.01. The van der Waals surface area contributed by atoms with Gasteiger partial charge in [0, 0.05) is 16.3 Å². The Bertz CT molecular complexity index is 275. The molecule has 0 saturated carbocycles. The van der Waals surface area contributed by atoms with Gasteiger partial charge in [-0.2, -0.15) is 0 Å². The zero-order valence-electron chi connectivity index (χ0n) is 7.57. The van der Waals surface area contributed by atoms with Crippen molar-refractivity contribution in [3.63, 3.8) is 0 Å². The lowest BCUT2D eigenvalue weighted by atomic mass is 10.0. The first-order valence-corrected chi connectivity index (χ1v) is 5.16. The minimum atomic E-state index is -0.00654. The zero-order valence-corrected chi connectivity index (χ0v) is 9.22. The van der Waals surface area contributed by atoms with Crippen LogP contribution in [0.3, 0.4) is 0 Å². The Morgan fingerprint density at radius 1 is 1.46 bits per heavy atom. The van der Waals surface area contributed by atoms with E-state index in [1.54, 1.807) is 0 Å². The average molecular weight is 216 g/mol. The minimum Gasteiger partial charge on any atom is -0.326 e. The monoisotopic (exact) mass is 215 g/mol. The second-order valence-corrected chi connectivity index (χ2v) is 4.34. The molecule has 0 bridgehead atoms. The molecule has 72 valence electrons. The van der Waals surface area contributed by atoms with Crippen LogP contribution in [0.15, 0.2) is 29.2 Å². The Labute approximate surface area is 89.7 Å². The fraction of sp³-hybridized carbons (Fsp3) is 0.400. The molecular formula is C10H14ClNS. The maximum atomic E-state index is 5.88. The fourth-order valence-electron chi connectivity index (χ4n) is 1.10. The predicted octanol–water partition coefficient (Wildman–Crippen LogP) is 2.47. The Morgan fingerprint density at radius 3 is 2.62 bits per heavy atom. The number of thiol groups is 1. The Hall–Kier alpha value is -0.180. The lowest BCUT2D eigenvalue weighted by molar-refractivity contribution is 0.648. The zero-order chi connectivity index (χ0) is 9.84. The van der Waals surface area contributed by atoms with Crippen LogP contribution >= 0.6 is 24.2 Å². The first kappa shape index (κ1) is 10.9. The van der Waals surface area contributed by atoms with E-state index in [9.17, 15) is 0 Å². The fourth-order valence-corrected chi connectivity index (χ4v) is 1.44. The van der Waals surface area contributed by atoms with Crippen molar-refractivity contribution >= 4 is 24.2 Å². The van der Waals surface area contributed by atoms with Gasteiger partial charge < -0.3 is 5.73 Å². The third-order valence-corrected chi connectivity index (χ3v) is 2.80. The topological polar surface area (TPSA) is 26.0 Å². The molecule has 13 heavy (non-hydrogen) atoms. The highest BCUT2D eigenvalue weighted by atomic mass is 35.5. The van der Waals surface area contributed by atoms with Crippen LogP contribution in [0.1, 0.15) is 12.5 Å². The van der Waals surface area contributed by atoms with Gasteiger partial charge in [0.25, 0.3) is 0 Å². The van der Waals surface area contributed by atoms with Gasteiger partial charge in [0.15, 0.2) is 0 Å². The van der Waals surface area contributed by atoms with Crippen LogP contribution in [-0.4, -0.2) is 11.4 Å². The number of nitrogens with two attached hydrogens (primary N) is 1. The van der Waals surface area contributed by atoms with Crippen LogP contribution in [0.5, 0.6) is 0 Å². The summed E-state index contributed by atoms with van der Waals surface area (Å²) in [6.07, 6.45) is 0.782. The van der Waals surface area contributed by atoms with Crippen LogP contribution in [0.2, 0.25) is 0 Å². The van der Waals surface area contributed by atoms with Crippen LogP contribution in [-0.2, 0) is 6.42 Å². The highest BCUT2D eigenvalue weighted by Crippen LogP contribution is 2.16. The van der Waals surface area contributed by atoms with E-state index in [0.717, 1.165) is 16.9 Å². The summed E-state index contributed by atoms with van der Waals surface area (Å²) in [6.45, 7) is 1.91. The maximum absolute atomic E-state index is 5.88. The summed E-state index contributed by atoms with van der Waals surface area (Å²) >= 11 is 10.2. The molecule has 2 N–H and O–H groups in total. The van der Waals surface area contributed by atoms with E-state index in [0.29, 0.717) is 0 Å². The lowest BCUT2D eigenvalue weighted by Crippen LogP contribution is -2.31. The van der Waals surface area contributed by atoms with Crippen LogP contribution in [0.25, 0.3) is 0 Å². The molecule has 1 rings (SSSR count). The molecule has 0 fully saturated rings. The van der Waals surface area contributed by atoms with Crippen LogP contribution in [0, 0.1) is 0 Å². The number of benzene rings is 1. The highest BCUT2D eigenvalue weighted by molar-refractivity contribution is 7.80. The lowest BCUT2D eigenvalue weighted by Gasteiger charge is -2.14. The molecule has 1 aromatic carbocycles. The van der Waals surface area contributed by atoms with Crippen LogP contribution in [0.4, 0.5) is 0 Å². The van der Waals surface area contributed by atoms with Gasteiger partial charge >= 0.3 is 0 Å². The van der Waals surface area contributed by atoms with E-state index in [1.807, 2.05) is 31.2 Å². The maximum Gasteiger partial charge on any atom is 0.0462 e. The molecule has 2 unspecified atom stereocenters. The molecule has 0 heterocycles. The highest BCUT2D eigenvalue weighted by Gasteiger charge is 2.11. The SMILES string of the molecule is CC(Cl)C(N)Cc1ccccc1S. The predicted molar refractivity (Wildman–Crippen MR) is 60.7 cm³/mol. The van der Waals surface area contributed by atoms with E-state index in [4.69, 9.17) is 17.3 Å². The van der Waals surface area contributed by atoms with E-state index < -0.39 is 0 Å². The molecule has 0 saturated heterocycles. The summed E-state index contributed by atoms with van der Waals surface area (Å²) in [5, 5.41) is -0.00654. The molecule has 2 atom stereocenters. The van der Waals surface area contributed by atoms with Crippen molar-refractivity contribution < 1.29 is 0 Å². The van der Waals surface area contributed by atoms with Gasteiger partial charge in [-0.3, -0.25) is 0 Å². The molecule has 0 aliphatic carbocycles. The third-order valence-electron chi connectivity index (χ3n) is 2.04. The van der Waals surface area contributed by atoms with E-state index in [2.05, 4.69) is 12.6 Å². The first-order chi connectivity index (χ1) is 6.11. The molecule has 0 aliphatic heterocycles. The van der Waals surface area contributed by atoms with Gasteiger partial charge in [-0.05, 0) is 25.0 Å². The van der Waals surface area contributed by atoms with Crippen molar-refractivity contribution in [2.75, 3.05) is 0 Å². The molecule has 0 spiro atoms. The Kier molecular flexibility index (Phi) is 4.10. The minimum absolute atomic E-state index is 0.00466. The van der Waals surface area contributed by atoms with Gasteiger partial charge in [0.05, 0.1) is 0 Å². The van der Waals surface area contributed by atoms with E-state index >= 15 is 0 Å². The van der Waals surface area contributed by atoms with Gasteiger partial charge in [-0.1, -0.05) is 18.2 Å². The molecular weight excluding hydrogens is 202 g/mol. The first-order valence-electron chi connectivity index (χ1n) is 4.27. The molecule has 1 nitrogen and oxygen atoms in total. The molecule has 0 aliphatic rings. The van der Waals surface area contributed by atoms with Crippen molar-refractivity contribution in [3.05, 3.63) is 29.8 Å². The molecule has 0 radical (unpaired) electrons. The average Bonchev–Trinajstić information content (AvgIpc) is 2.08. The number of halogens is 1. The largest absolute Gasteiger partial charge is 0.326 e. The quantitative estimate of drug-likeness (QED) is 0.588. The van der Waals surface area contributed by atoms with Crippen molar-refractivity contribution in [1.82, 2.24) is 0 Å². The van der Waals surface area contributed by atoms with Crippen molar-refractivity contribution in [1.29, 1.82) is 0 Å². The number of rotatable bonds is 3. The second kappa shape index (κ2) is 4.89. The van der Waals surface area contributed by atoms with Gasteiger partial charge in [-0.25, -0.2) is 0 Å². The number of alkyl halides is 1. The summed E-state index contributed by atoms with van der Waals surface area (Å²) in [7, 11) is 0. The van der Waals surface area contributed by atoms with Crippen molar-refractivity contribution in [3.8, 4) is 0 Å². The van der Waals surface area contributed by atoms with E-state index in [1.165, 1.54) is 0 Å². The standard InChI is InChI=1S/C10H14ClNS/c1-7(11)9(12)6-8-4-2-3-5-10(8)13/h2-5,7,9,13H,6,12H2,1H3. The van der Waals surface area contributed by atoms with Gasteiger partial charge in [0.1, 0.15) is 0 Å². The Morgan fingerprint density at radius 2 is 2.08 bits per heavy atom. The molecule has 0 aromatic heterocycles. The van der Waals surface area contributed by atoms with Gasteiger partial charge in [0.2, 0.25) is 0 Å².